The highest BCUT2D eigenvalue weighted by atomic mass is 127. The van der Waals surface area contributed by atoms with Gasteiger partial charge in [-0.05, 0) is 44.2 Å². The van der Waals surface area contributed by atoms with Crippen LogP contribution in [0.1, 0.15) is 25.0 Å². The fourth-order valence-electron chi connectivity index (χ4n) is 2.74. The number of nitrogens with one attached hydrogen (secondary N) is 2. The van der Waals surface area contributed by atoms with Crippen molar-refractivity contribution in [1.82, 2.24) is 10.2 Å². The van der Waals surface area contributed by atoms with E-state index in [1.54, 1.807) is 21.3 Å². The number of anilines is 1. The van der Waals surface area contributed by atoms with E-state index >= 15 is 0 Å². The molecular formula is C22H33IN4O2. The van der Waals surface area contributed by atoms with Gasteiger partial charge in [0.25, 0.3) is 0 Å². The molecule has 0 aromatic heterocycles. The van der Waals surface area contributed by atoms with Crippen molar-refractivity contribution in [3.8, 4) is 11.5 Å². The van der Waals surface area contributed by atoms with Gasteiger partial charge in [-0.25, -0.2) is 0 Å². The summed E-state index contributed by atoms with van der Waals surface area (Å²) in [4.78, 5) is 6.66. The molecule has 0 saturated carbocycles. The number of guanidine groups is 1. The summed E-state index contributed by atoms with van der Waals surface area (Å²) in [5.74, 6) is 2.06. The third kappa shape index (κ3) is 7.40. The van der Waals surface area contributed by atoms with E-state index in [1.807, 2.05) is 18.2 Å². The van der Waals surface area contributed by atoms with Crippen molar-refractivity contribution in [2.45, 2.75) is 33.0 Å². The summed E-state index contributed by atoms with van der Waals surface area (Å²) in [6.45, 7) is 6.01. The van der Waals surface area contributed by atoms with Crippen molar-refractivity contribution >= 4 is 35.6 Å². The fourth-order valence-corrected chi connectivity index (χ4v) is 2.74. The Labute approximate surface area is 191 Å². The highest BCUT2D eigenvalue weighted by Crippen LogP contribution is 2.29. The lowest BCUT2D eigenvalue weighted by atomic mass is 10.1. The topological polar surface area (TPSA) is 58.1 Å². The minimum atomic E-state index is 0. The number of rotatable bonds is 8. The van der Waals surface area contributed by atoms with Crippen LogP contribution in [0, 0.1) is 0 Å². The van der Waals surface area contributed by atoms with E-state index in [2.05, 4.69) is 65.7 Å². The molecule has 160 valence electrons. The molecule has 0 aliphatic rings. The lowest BCUT2D eigenvalue weighted by Crippen LogP contribution is -2.31. The Bertz CT molecular complexity index is 796. The number of hydrogen-bond acceptors (Lipinski definition) is 4. The molecule has 0 radical (unpaired) electrons. The predicted molar refractivity (Wildman–Crippen MR) is 132 cm³/mol. The monoisotopic (exact) mass is 512 g/mol. The maximum absolute atomic E-state index is 5.36. The quantitative estimate of drug-likeness (QED) is 0.313. The zero-order chi connectivity index (χ0) is 20.5. The predicted octanol–water partition coefficient (Wildman–Crippen LogP) is 4.35. The van der Waals surface area contributed by atoms with Crippen molar-refractivity contribution in [2.24, 2.45) is 4.99 Å². The Hall–Kier alpha value is -2.00. The summed E-state index contributed by atoms with van der Waals surface area (Å²) < 4.78 is 10.7. The Balaban J connectivity index is 0.00000420. The number of benzene rings is 2. The largest absolute Gasteiger partial charge is 0.493 e. The van der Waals surface area contributed by atoms with E-state index in [0.29, 0.717) is 30.0 Å². The van der Waals surface area contributed by atoms with E-state index in [9.17, 15) is 0 Å². The first kappa shape index (κ1) is 25.0. The lowest BCUT2D eigenvalue weighted by molar-refractivity contribution is 0.265. The summed E-state index contributed by atoms with van der Waals surface area (Å²) in [5.41, 5.74) is 3.44. The molecule has 7 heteroatoms. The standard InChI is InChI=1S/C22H32N4O2.HI/c1-16(2)26(4)15-18-10-8-7-9-17(18)14-24-22(23-3)25-19-11-12-20(27-5)21(13-19)28-6;/h7-13,16H,14-15H2,1-6H3,(H2,23,24,25);1H. The zero-order valence-corrected chi connectivity index (χ0v) is 20.5. The molecule has 0 aliphatic heterocycles. The van der Waals surface area contributed by atoms with Crippen LogP contribution in [0.5, 0.6) is 11.5 Å². The number of aliphatic imine (C=N–C) groups is 1. The molecule has 6 nitrogen and oxygen atoms in total. The van der Waals surface area contributed by atoms with Crippen LogP contribution in [0.25, 0.3) is 0 Å². The SMILES string of the molecule is CN=C(NCc1ccccc1CN(C)C(C)C)Nc1ccc(OC)c(OC)c1.I. The van der Waals surface area contributed by atoms with Crippen molar-refractivity contribution in [1.29, 1.82) is 0 Å². The number of ether oxygens (including phenoxy) is 2. The second kappa shape index (κ2) is 12.5. The van der Waals surface area contributed by atoms with Gasteiger partial charge in [0.05, 0.1) is 14.2 Å². The minimum Gasteiger partial charge on any atom is -0.493 e. The van der Waals surface area contributed by atoms with Gasteiger partial charge >= 0.3 is 0 Å². The van der Waals surface area contributed by atoms with Crippen LogP contribution in [0.15, 0.2) is 47.5 Å². The van der Waals surface area contributed by atoms with Gasteiger partial charge in [0.2, 0.25) is 0 Å². The van der Waals surface area contributed by atoms with E-state index in [4.69, 9.17) is 9.47 Å². The second-order valence-corrected chi connectivity index (χ2v) is 6.90. The highest BCUT2D eigenvalue weighted by molar-refractivity contribution is 14.0. The first-order valence-corrected chi connectivity index (χ1v) is 9.45. The molecule has 0 atom stereocenters. The minimum absolute atomic E-state index is 0. The van der Waals surface area contributed by atoms with Gasteiger partial charge in [-0.15, -0.1) is 24.0 Å². The maximum Gasteiger partial charge on any atom is 0.195 e. The normalized spacial score (nSPS) is 11.2. The molecule has 0 bridgehead atoms. The van der Waals surface area contributed by atoms with E-state index in [0.717, 1.165) is 12.2 Å². The molecule has 0 amide bonds. The van der Waals surface area contributed by atoms with Crippen LogP contribution >= 0.6 is 24.0 Å². The van der Waals surface area contributed by atoms with Crippen molar-refractivity contribution < 1.29 is 9.47 Å². The first-order valence-electron chi connectivity index (χ1n) is 9.45. The number of methoxy groups -OCH3 is 2. The summed E-state index contributed by atoms with van der Waals surface area (Å²) in [5, 5.41) is 6.69. The lowest BCUT2D eigenvalue weighted by Gasteiger charge is -2.23. The molecule has 2 rings (SSSR count). The van der Waals surface area contributed by atoms with Gasteiger partial charge < -0.3 is 20.1 Å². The van der Waals surface area contributed by atoms with Crippen LogP contribution in [0.2, 0.25) is 0 Å². The molecule has 2 aromatic carbocycles. The summed E-state index contributed by atoms with van der Waals surface area (Å²) in [7, 11) is 7.15. The first-order chi connectivity index (χ1) is 13.5. The summed E-state index contributed by atoms with van der Waals surface area (Å²) in [6, 6.07) is 14.7. The molecule has 29 heavy (non-hydrogen) atoms. The van der Waals surface area contributed by atoms with Crippen molar-refractivity contribution in [2.75, 3.05) is 33.6 Å². The third-order valence-corrected chi connectivity index (χ3v) is 4.74. The molecule has 0 saturated heterocycles. The third-order valence-electron chi connectivity index (χ3n) is 4.74. The zero-order valence-electron chi connectivity index (χ0n) is 18.2. The Morgan fingerprint density at radius 1 is 1.03 bits per heavy atom. The van der Waals surface area contributed by atoms with Crippen molar-refractivity contribution in [3.63, 3.8) is 0 Å². The molecule has 2 N–H and O–H groups in total. The Morgan fingerprint density at radius 3 is 2.28 bits per heavy atom. The Morgan fingerprint density at radius 2 is 1.69 bits per heavy atom. The van der Waals surface area contributed by atoms with Crippen LogP contribution in [-0.2, 0) is 13.1 Å². The van der Waals surface area contributed by atoms with Gasteiger partial charge in [-0.2, -0.15) is 0 Å². The van der Waals surface area contributed by atoms with E-state index < -0.39 is 0 Å². The van der Waals surface area contributed by atoms with Gasteiger partial charge in [0, 0.05) is 37.9 Å². The van der Waals surface area contributed by atoms with Gasteiger partial charge in [0.15, 0.2) is 17.5 Å². The number of nitrogens with zero attached hydrogens (tertiary/aromatic N) is 2. The van der Waals surface area contributed by atoms with Crippen LogP contribution in [-0.4, -0.2) is 45.2 Å². The average molecular weight is 512 g/mol. The smallest absolute Gasteiger partial charge is 0.195 e. The van der Waals surface area contributed by atoms with Crippen molar-refractivity contribution in [3.05, 3.63) is 53.6 Å². The molecule has 2 aromatic rings. The summed E-state index contributed by atoms with van der Waals surface area (Å²) in [6.07, 6.45) is 0. The van der Waals surface area contributed by atoms with Crippen LogP contribution in [0.3, 0.4) is 0 Å². The highest BCUT2D eigenvalue weighted by Gasteiger charge is 2.10. The second-order valence-electron chi connectivity index (χ2n) is 6.90. The fraction of sp³-hybridized carbons (Fsp3) is 0.409. The molecule has 0 unspecified atom stereocenters. The Kier molecular flexibility index (Phi) is 10.8. The molecular weight excluding hydrogens is 479 g/mol. The van der Waals surface area contributed by atoms with E-state index in [-0.39, 0.29) is 24.0 Å². The summed E-state index contributed by atoms with van der Waals surface area (Å²) >= 11 is 0. The van der Waals surface area contributed by atoms with Crippen LogP contribution in [0.4, 0.5) is 5.69 Å². The molecule has 0 aliphatic carbocycles. The number of halogens is 1. The molecule has 0 fully saturated rings. The van der Waals surface area contributed by atoms with Gasteiger partial charge in [-0.3, -0.25) is 9.89 Å². The molecule has 0 heterocycles. The van der Waals surface area contributed by atoms with Gasteiger partial charge in [0.1, 0.15) is 0 Å². The van der Waals surface area contributed by atoms with E-state index in [1.165, 1.54) is 11.1 Å². The number of hydrogen-bond donors (Lipinski definition) is 2. The maximum atomic E-state index is 5.36. The van der Waals surface area contributed by atoms with Gasteiger partial charge in [-0.1, -0.05) is 24.3 Å². The average Bonchev–Trinajstić information content (AvgIpc) is 2.71. The van der Waals surface area contributed by atoms with Crippen LogP contribution < -0.4 is 20.1 Å². The molecule has 0 spiro atoms.